The number of carboxylic acid groups (broad SMARTS) is 1. The fourth-order valence-electron chi connectivity index (χ4n) is 2.79. The maximum Gasteiger partial charge on any atom is 0.335 e. The van der Waals surface area contributed by atoms with E-state index in [1.807, 2.05) is 0 Å². The number of amides is 1. The Morgan fingerprint density at radius 1 is 1.12 bits per heavy atom. The minimum atomic E-state index is -1.04. The van der Waals surface area contributed by atoms with Crippen LogP contribution < -0.4 is 0 Å². The Balaban J connectivity index is 1.77. The number of halogens is 1. The molecule has 0 atom stereocenters. The third kappa shape index (κ3) is 3.79. The smallest absolute Gasteiger partial charge is 0.335 e. The molecule has 0 unspecified atom stereocenters. The van der Waals surface area contributed by atoms with E-state index in [0.717, 1.165) is 18.4 Å². The number of nitrogens with zero attached hydrogens (tertiary/aromatic N) is 1. The first-order valence-corrected chi connectivity index (χ1v) is 7.89. The van der Waals surface area contributed by atoms with Crippen molar-refractivity contribution in [1.29, 1.82) is 0 Å². The first-order valence-electron chi connectivity index (χ1n) is 7.89. The van der Waals surface area contributed by atoms with Gasteiger partial charge >= 0.3 is 5.97 Å². The summed E-state index contributed by atoms with van der Waals surface area (Å²) in [6, 6.07) is 12.9. The number of carboxylic acids is 1. The molecule has 0 bridgehead atoms. The zero-order chi connectivity index (χ0) is 17.1. The SMILES string of the molecule is O=C(O)c1ccccc1CC(=O)N(Cc1cccc(F)c1)C1CC1. The third-order valence-corrected chi connectivity index (χ3v) is 4.14. The molecule has 1 N–H and O–H groups in total. The molecule has 1 amide bonds. The van der Waals surface area contributed by atoms with Gasteiger partial charge < -0.3 is 10.0 Å². The zero-order valence-electron chi connectivity index (χ0n) is 13.1. The predicted octanol–water partition coefficient (Wildman–Crippen LogP) is 3.26. The Bertz CT molecular complexity index is 771. The summed E-state index contributed by atoms with van der Waals surface area (Å²) in [6.07, 6.45) is 1.90. The van der Waals surface area contributed by atoms with Crippen LogP contribution in [0.5, 0.6) is 0 Å². The Kier molecular flexibility index (Phi) is 4.60. The Hall–Kier alpha value is -2.69. The number of hydrogen-bond donors (Lipinski definition) is 1. The minimum Gasteiger partial charge on any atom is -0.478 e. The van der Waals surface area contributed by atoms with E-state index in [1.54, 1.807) is 35.2 Å². The molecule has 0 aliphatic heterocycles. The summed E-state index contributed by atoms with van der Waals surface area (Å²) in [6.45, 7) is 0.344. The van der Waals surface area contributed by atoms with Gasteiger partial charge in [-0.15, -0.1) is 0 Å². The van der Waals surface area contributed by atoms with Crippen molar-refractivity contribution in [2.75, 3.05) is 0 Å². The molecule has 1 aliphatic carbocycles. The lowest BCUT2D eigenvalue weighted by molar-refractivity contribution is -0.131. The molecule has 3 rings (SSSR count). The Labute approximate surface area is 139 Å². The average Bonchev–Trinajstić information content (AvgIpc) is 3.37. The lowest BCUT2D eigenvalue weighted by atomic mass is 10.0. The van der Waals surface area contributed by atoms with Gasteiger partial charge in [0.05, 0.1) is 12.0 Å². The number of benzene rings is 2. The highest BCUT2D eigenvalue weighted by Gasteiger charge is 2.32. The lowest BCUT2D eigenvalue weighted by Crippen LogP contribution is -2.34. The number of rotatable bonds is 6. The molecule has 1 fully saturated rings. The molecule has 24 heavy (non-hydrogen) atoms. The van der Waals surface area contributed by atoms with Crippen LogP contribution >= 0.6 is 0 Å². The van der Waals surface area contributed by atoms with E-state index >= 15 is 0 Å². The van der Waals surface area contributed by atoms with Gasteiger partial charge in [-0.2, -0.15) is 0 Å². The van der Waals surface area contributed by atoms with Gasteiger partial charge in [-0.05, 0) is 42.2 Å². The molecule has 1 saturated carbocycles. The highest BCUT2D eigenvalue weighted by Crippen LogP contribution is 2.29. The zero-order valence-corrected chi connectivity index (χ0v) is 13.1. The normalized spacial score (nSPS) is 13.5. The van der Waals surface area contributed by atoms with E-state index in [9.17, 15) is 19.1 Å². The van der Waals surface area contributed by atoms with Crippen molar-refractivity contribution in [3.63, 3.8) is 0 Å². The number of carbonyl (C=O) groups excluding carboxylic acids is 1. The summed E-state index contributed by atoms with van der Waals surface area (Å²) >= 11 is 0. The van der Waals surface area contributed by atoms with Crippen molar-refractivity contribution in [3.8, 4) is 0 Å². The van der Waals surface area contributed by atoms with Gasteiger partial charge in [0.2, 0.25) is 5.91 Å². The van der Waals surface area contributed by atoms with E-state index in [-0.39, 0.29) is 29.8 Å². The highest BCUT2D eigenvalue weighted by atomic mass is 19.1. The monoisotopic (exact) mass is 327 g/mol. The van der Waals surface area contributed by atoms with Crippen molar-refractivity contribution in [3.05, 3.63) is 71.0 Å². The fourth-order valence-corrected chi connectivity index (χ4v) is 2.79. The van der Waals surface area contributed by atoms with Crippen molar-refractivity contribution in [1.82, 2.24) is 4.90 Å². The summed E-state index contributed by atoms with van der Waals surface area (Å²) in [5.41, 5.74) is 1.38. The molecule has 2 aromatic rings. The summed E-state index contributed by atoms with van der Waals surface area (Å²) in [4.78, 5) is 25.7. The standard InChI is InChI=1S/C19H18FNO3/c20-15-6-3-4-13(10-15)12-21(16-8-9-16)18(22)11-14-5-1-2-7-17(14)19(23)24/h1-7,10,16H,8-9,11-12H2,(H,23,24). The van der Waals surface area contributed by atoms with Gasteiger partial charge in [0.1, 0.15) is 5.82 Å². The average molecular weight is 327 g/mol. The van der Waals surface area contributed by atoms with Gasteiger partial charge in [-0.1, -0.05) is 30.3 Å². The van der Waals surface area contributed by atoms with Gasteiger partial charge in [0.25, 0.3) is 0 Å². The van der Waals surface area contributed by atoms with Gasteiger partial charge in [-0.25, -0.2) is 9.18 Å². The summed E-state index contributed by atoms with van der Waals surface area (Å²) < 4.78 is 13.4. The second-order valence-corrected chi connectivity index (χ2v) is 6.02. The maximum absolute atomic E-state index is 13.4. The molecule has 2 aromatic carbocycles. The second kappa shape index (κ2) is 6.83. The van der Waals surface area contributed by atoms with Crippen LogP contribution in [0.1, 0.15) is 34.3 Å². The van der Waals surface area contributed by atoms with E-state index in [1.165, 1.54) is 18.2 Å². The minimum absolute atomic E-state index is 0.0360. The molecule has 0 saturated heterocycles. The molecule has 0 aromatic heterocycles. The molecule has 0 spiro atoms. The molecule has 0 radical (unpaired) electrons. The molecule has 1 aliphatic rings. The maximum atomic E-state index is 13.4. The van der Waals surface area contributed by atoms with Crippen LogP contribution in [0.3, 0.4) is 0 Å². The third-order valence-electron chi connectivity index (χ3n) is 4.14. The van der Waals surface area contributed by atoms with Crippen LogP contribution in [-0.2, 0) is 17.8 Å². The van der Waals surface area contributed by atoms with Crippen molar-refractivity contribution in [2.45, 2.75) is 31.8 Å². The molecule has 0 heterocycles. The van der Waals surface area contributed by atoms with Crippen LogP contribution in [0, 0.1) is 5.82 Å². The lowest BCUT2D eigenvalue weighted by Gasteiger charge is -2.23. The van der Waals surface area contributed by atoms with Crippen LogP contribution in [-0.4, -0.2) is 27.9 Å². The fraction of sp³-hybridized carbons (Fsp3) is 0.263. The predicted molar refractivity (Wildman–Crippen MR) is 87.1 cm³/mol. The number of hydrogen-bond acceptors (Lipinski definition) is 2. The van der Waals surface area contributed by atoms with E-state index in [0.29, 0.717) is 12.1 Å². The van der Waals surface area contributed by atoms with Crippen LogP contribution in [0.2, 0.25) is 0 Å². The van der Waals surface area contributed by atoms with Crippen LogP contribution in [0.25, 0.3) is 0 Å². The first-order chi connectivity index (χ1) is 11.5. The summed E-state index contributed by atoms with van der Waals surface area (Å²) in [7, 11) is 0. The van der Waals surface area contributed by atoms with E-state index in [4.69, 9.17) is 0 Å². The highest BCUT2D eigenvalue weighted by molar-refractivity contribution is 5.91. The Morgan fingerprint density at radius 3 is 2.54 bits per heavy atom. The molecular weight excluding hydrogens is 309 g/mol. The largest absolute Gasteiger partial charge is 0.478 e. The summed E-state index contributed by atoms with van der Waals surface area (Å²) in [5.74, 6) is -1.50. The van der Waals surface area contributed by atoms with Gasteiger partial charge in [0, 0.05) is 12.6 Å². The van der Waals surface area contributed by atoms with Crippen molar-refractivity contribution in [2.24, 2.45) is 0 Å². The van der Waals surface area contributed by atoms with Crippen LogP contribution in [0.4, 0.5) is 4.39 Å². The van der Waals surface area contributed by atoms with Crippen molar-refractivity contribution >= 4 is 11.9 Å². The molecular formula is C19H18FNO3. The topological polar surface area (TPSA) is 57.6 Å². The molecule has 4 nitrogen and oxygen atoms in total. The second-order valence-electron chi connectivity index (χ2n) is 6.02. The number of aromatic carboxylic acids is 1. The first kappa shape index (κ1) is 16.2. The van der Waals surface area contributed by atoms with Gasteiger partial charge in [-0.3, -0.25) is 4.79 Å². The van der Waals surface area contributed by atoms with E-state index in [2.05, 4.69) is 0 Å². The molecule has 124 valence electrons. The summed E-state index contributed by atoms with van der Waals surface area (Å²) in [5, 5.41) is 9.24. The van der Waals surface area contributed by atoms with Crippen molar-refractivity contribution < 1.29 is 19.1 Å². The van der Waals surface area contributed by atoms with E-state index < -0.39 is 5.97 Å². The Morgan fingerprint density at radius 2 is 1.88 bits per heavy atom. The number of carbonyl (C=O) groups is 2. The molecule has 5 heteroatoms. The quantitative estimate of drug-likeness (QED) is 0.886. The van der Waals surface area contributed by atoms with Gasteiger partial charge in [0.15, 0.2) is 0 Å². The van der Waals surface area contributed by atoms with Crippen LogP contribution in [0.15, 0.2) is 48.5 Å².